The van der Waals surface area contributed by atoms with E-state index in [9.17, 15) is 9.59 Å². The van der Waals surface area contributed by atoms with Gasteiger partial charge in [-0.05, 0) is 58.0 Å². The summed E-state index contributed by atoms with van der Waals surface area (Å²) >= 11 is 6.35. The van der Waals surface area contributed by atoms with E-state index in [1.54, 1.807) is 49.2 Å². The van der Waals surface area contributed by atoms with Crippen LogP contribution in [-0.2, 0) is 0 Å². The largest absolute Gasteiger partial charge is 0.466 e. The van der Waals surface area contributed by atoms with Crippen LogP contribution in [0.3, 0.4) is 0 Å². The highest BCUT2D eigenvalue weighted by Gasteiger charge is 2.21. The van der Waals surface area contributed by atoms with Crippen molar-refractivity contribution < 1.29 is 14.0 Å². The van der Waals surface area contributed by atoms with Gasteiger partial charge in [-0.15, -0.1) is 0 Å². The normalized spacial score (nSPS) is 11.3. The number of hydrogen-bond acceptors (Lipinski definition) is 5. The third-order valence-electron chi connectivity index (χ3n) is 5.49. The van der Waals surface area contributed by atoms with Gasteiger partial charge in [0.15, 0.2) is 5.65 Å². The lowest BCUT2D eigenvalue weighted by Gasteiger charge is -2.14. The van der Waals surface area contributed by atoms with E-state index in [0.717, 1.165) is 11.3 Å². The summed E-state index contributed by atoms with van der Waals surface area (Å²) in [5.74, 6) is 0.895. The molecule has 2 amide bonds. The van der Waals surface area contributed by atoms with Gasteiger partial charge < -0.3 is 14.6 Å². The highest BCUT2D eigenvalue weighted by molar-refractivity contribution is 6.34. The average molecular weight is 480 g/mol. The first-order valence-corrected chi connectivity index (χ1v) is 11.2. The highest BCUT2D eigenvalue weighted by Crippen LogP contribution is 2.31. The van der Waals surface area contributed by atoms with Crippen LogP contribution in [0.25, 0.3) is 22.3 Å². The lowest BCUT2D eigenvalue weighted by molar-refractivity contribution is 0.0827. The van der Waals surface area contributed by atoms with Crippen LogP contribution in [0.4, 0.5) is 5.69 Å². The highest BCUT2D eigenvalue weighted by atomic mass is 35.5. The second-order valence-corrected chi connectivity index (χ2v) is 9.06. The van der Waals surface area contributed by atoms with Crippen molar-refractivity contribution in [2.24, 2.45) is 0 Å². The predicted octanol–water partition coefficient (Wildman–Crippen LogP) is 5.50. The zero-order chi connectivity index (χ0) is 24.7. The van der Waals surface area contributed by atoms with Crippen LogP contribution in [0.15, 0.2) is 40.9 Å². The van der Waals surface area contributed by atoms with Crippen LogP contribution in [0.5, 0.6) is 0 Å². The number of pyridine rings is 1. The van der Waals surface area contributed by atoms with E-state index in [1.807, 2.05) is 33.8 Å². The minimum absolute atomic E-state index is 0.0477. The van der Waals surface area contributed by atoms with E-state index < -0.39 is 0 Å². The zero-order valence-electron chi connectivity index (χ0n) is 19.9. The molecule has 0 bridgehead atoms. The number of halogens is 1. The molecule has 8 nitrogen and oxygen atoms in total. The first-order valence-electron chi connectivity index (χ1n) is 10.8. The van der Waals surface area contributed by atoms with Gasteiger partial charge in [0.1, 0.15) is 11.5 Å². The Morgan fingerprint density at radius 1 is 1.15 bits per heavy atom. The minimum atomic E-state index is -0.383. The molecule has 0 saturated carbocycles. The fraction of sp³-hybridized carbons (Fsp3) is 0.280. The Bertz CT molecular complexity index is 1420. The number of nitrogens with zero attached hydrogens (tertiary/aromatic N) is 4. The first-order chi connectivity index (χ1) is 16.1. The van der Waals surface area contributed by atoms with Crippen molar-refractivity contribution in [2.45, 2.75) is 33.7 Å². The summed E-state index contributed by atoms with van der Waals surface area (Å²) < 4.78 is 7.47. The Balaban J connectivity index is 1.82. The Kier molecular flexibility index (Phi) is 6.18. The van der Waals surface area contributed by atoms with Crippen LogP contribution in [0, 0.1) is 13.8 Å². The second kappa shape index (κ2) is 8.95. The van der Waals surface area contributed by atoms with E-state index in [2.05, 4.69) is 10.4 Å². The summed E-state index contributed by atoms with van der Waals surface area (Å²) in [4.78, 5) is 32.1. The number of aromatic nitrogens is 3. The third kappa shape index (κ3) is 4.28. The summed E-state index contributed by atoms with van der Waals surface area (Å²) in [5, 5.41) is 8.26. The summed E-state index contributed by atoms with van der Waals surface area (Å²) in [6.45, 7) is 7.73. The molecule has 0 spiro atoms. The maximum Gasteiger partial charge on any atom is 0.256 e. The van der Waals surface area contributed by atoms with Crippen LogP contribution >= 0.6 is 11.6 Å². The molecular weight excluding hydrogens is 454 g/mol. The van der Waals surface area contributed by atoms with Crippen LogP contribution in [-0.4, -0.2) is 45.6 Å². The van der Waals surface area contributed by atoms with Crippen molar-refractivity contribution >= 4 is 40.1 Å². The summed E-state index contributed by atoms with van der Waals surface area (Å²) in [7, 11) is 3.33. The zero-order valence-corrected chi connectivity index (χ0v) is 20.7. The number of benzene rings is 1. The quantitative estimate of drug-likeness (QED) is 0.408. The molecule has 0 aliphatic carbocycles. The van der Waals surface area contributed by atoms with Crippen molar-refractivity contribution in [1.82, 2.24) is 19.7 Å². The number of nitrogens with one attached hydrogen (secondary N) is 1. The van der Waals surface area contributed by atoms with E-state index in [4.69, 9.17) is 21.0 Å². The van der Waals surface area contributed by atoms with Gasteiger partial charge in [0.05, 0.1) is 33.6 Å². The lowest BCUT2D eigenvalue weighted by Crippen LogP contribution is -2.22. The smallest absolute Gasteiger partial charge is 0.256 e. The molecule has 0 aliphatic heterocycles. The van der Waals surface area contributed by atoms with Gasteiger partial charge in [0.25, 0.3) is 11.8 Å². The van der Waals surface area contributed by atoms with Gasteiger partial charge in [-0.3, -0.25) is 9.59 Å². The van der Waals surface area contributed by atoms with Gasteiger partial charge in [-0.25, -0.2) is 9.67 Å². The topological polar surface area (TPSA) is 93.3 Å². The van der Waals surface area contributed by atoms with Crippen molar-refractivity contribution in [3.63, 3.8) is 0 Å². The Morgan fingerprint density at radius 2 is 1.88 bits per heavy atom. The van der Waals surface area contributed by atoms with E-state index >= 15 is 0 Å². The molecule has 4 rings (SSSR count). The fourth-order valence-electron chi connectivity index (χ4n) is 3.81. The van der Waals surface area contributed by atoms with Crippen molar-refractivity contribution in [2.75, 3.05) is 19.4 Å². The molecule has 0 unspecified atom stereocenters. The molecule has 0 fully saturated rings. The molecule has 4 aromatic rings. The molecule has 0 aliphatic rings. The molecule has 3 heterocycles. The molecule has 1 N–H and O–H groups in total. The van der Waals surface area contributed by atoms with Crippen LogP contribution in [0.1, 0.15) is 52.1 Å². The Labute approximate surface area is 202 Å². The summed E-state index contributed by atoms with van der Waals surface area (Å²) in [6.07, 6.45) is 1.64. The molecule has 3 aromatic heterocycles. The van der Waals surface area contributed by atoms with Gasteiger partial charge >= 0.3 is 0 Å². The number of furan rings is 1. The number of anilines is 1. The van der Waals surface area contributed by atoms with E-state index in [-0.39, 0.29) is 17.9 Å². The van der Waals surface area contributed by atoms with Crippen molar-refractivity contribution in [3.8, 4) is 11.3 Å². The Hall–Kier alpha value is -3.65. The molecule has 0 radical (unpaired) electrons. The maximum atomic E-state index is 13.5. The predicted molar refractivity (Wildman–Crippen MR) is 133 cm³/mol. The second-order valence-electron chi connectivity index (χ2n) is 8.65. The molecular formula is C25H26ClN5O3. The lowest BCUT2D eigenvalue weighted by atomic mass is 10.1. The van der Waals surface area contributed by atoms with Gasteiger partial charge in [0, 0.05) is 31.3 Å². The van der Waals surface area contributed by atoms with Crippen molar-refractivity contribution in [3.05, 3.63) is 64.2 Å². The SMILES string of the molecule is Cc1cc(-c2cc(C(=O)Nc3cc(C(=O)N(C)C)ccc3Cl)c3cnn(C(C)C)c3n2)c(C)o1. The first kappa shape index (κ1) is 23.5. The fourth-order valence-corrected chi connectivity index (χ4v) is 3.97. The van der Waals surface area contributed by atoms with Crippen LogP contribution < -0.4 is 5.32 Å². The molecule has 1 aromatic carbocycles. The number of amides is 2. The molecule has 0 atom stereocenters. The van der Waals surface area contributed by atoms with Crippen molar-refractivity contribution in [1.29, 1.82) is 0 Å². The summed E-state index contributed by atoms with van der Waals surface area (Å²) in [6, 6.07) is 8.46. The number of carbonyl (C=O) groups is 2. The number of fused-ring (bicyclic) bond motifs is 1. The number of aryl methyl sites for hydroxylation is 2. The molecule has 9 heteroatoms. The molecule has 0 saturated heterocycles. The molecule has 34 heavy (non-hydrogen) atoms. The number of carbonyl (C=O) groups excluding carboxylic acids is 2. The van der Waals surface area contributed by atoms with Gasteiger partial charge in [-0.1, -0.05) is 11.6 Å². The third-order valence-corrected chi connectivity index (χ3v) is 5.81. The minimum Gasteiger partial charge on any atom is -0.466 e. The molecule has 176 valence electrons. The van der Waals surface area contributed by atoms with E-state index in [0.29, 0.717) is 44.3 Å². The van der Waals surface area contributed by atoms with Gasteiger partial charge in [0.2, 0.25) is 0 Å². The number of rotatable bonds is 5. The summed E-state index contributed by atoms with van der Waals surface area (Å²) in [5.41, 5.74) is 3.17. The average Bonchev–Trinajstić information content (AvgIpc) is 3.36. The van der Waals surface area contributed by atoms with Gasteiger partial charge in [-0.2, -0.15) is 5.10 Å². The maximum absolute atomic E-state index is 13.5. The standard InChI is InChI=1S/C25H26ClN5O3/c1-13(2)31-23-19(12-27-31)18(11-21(28-23)17-9-14(3)34-15(17)4)24(32)29-22-10-16(7-8-20(22)26)25(33)30(5)6/h7-13H,1-6H3,(H,29,32). The monoisotopic (exact) mass is 479 g/mol. The number of hydrogen-bond donors (Lipinski definition) is 1. The Morgan fingerprint density at radius 3 is 2.50 bits per heavy atom. The van der Waals surface area contributed by atoms with Crippen LogP contribution in [0.2, 0.25) is 5.02 Å². The van der Waals surface area contributed by atoms with E-state index in [1.165, 1.54) is 4.90 Å².